The second kappa shape index (κ2) is 10.2. The third-order valence-electron chi connectivity index (χ3n) is 3.95. The molecule has 0 aliphatic heterocycles. The monoisotopic (exact) mass is 536 g/mol. The number of carbonyl (C=O) groups excluding carboxylic acids is 2. The predicted octanol–water partition coefficient (Wildman–Crippen LogP) is 4.00. The number of amides is 1. The molecule has 6 nitrogen and oxygen atoms in total. The van der Waals surface area contributed by atoms with Gasteiger partial charge in [0.05, 0.1) is 20.7 Å². The predicted molar refractivity (Wildman–Crippen MR) is 118 cm³/mol. The van der Waals surface area contributed by atoms with Gasteiger partial charge in [0, 0.05) is 12.1 Å². The second-order valence-electron chi connectivity index (χ2n) is 6.07. The molecule has 150 valence electrons. The van der Waals surface area contributed by atoms with Gasteiger partial charge in [0.2, 0.25) is 5.91 Å². The number of benzene rings is 2. The van der Waals surface area contributed by atoms with Gasteiger partial charge in [0.15, 0.2) is 0 Å². The largest absolute Gasteiger partial charge is 0.507 e. The first-order valence-electron chi connectivity index (χ1n) is 8.28. The van der Waals surface area contributed by atoms with Crippen LogP contribution in [0.3, 0.4) is 0 Å². The van der Waals surface area contributed by atoms with E-state index in [1.165, 1.54) is 7.11 Å². The lowest BCUT2D eigenvalue weighted by Crippen LogP contribution is -2.48. The number of hydrogen-bond acceptors (Lipinski definition) is 5. The van der Waals surface area contributed by atoms with E-state index < -0.39 is 18.1 Å². The van der Waals surface area contributed by atoms with Crippen LogP contribution in [0.5, 0.6) is 5.75 Å². The molecule has 0 heterocycles. The molecule has 2 rings (SSSR count). The Balaban J connectivity index is 2.07. The first kappa shape index (κ1) is 22.6. The number of halogens is 3. The molecule has 0 aliphatic rings. The molecule has 0 saturated carbocycles. The van der Waals surface area contributed by atoms with Crippen molar-refractivity contribution in [3.63, 3.8) is 0 Å². The lowest BCUT2D eigenvalue weighted by Gasteiger charge is -2.21. The Hall–Kier alpha value is -1.71. The van der Waals surface area contributed by atoms with Gasteiger partial charge >= 0.3 is 5.97 Å². The van der Waals surface area contributed by atoms with Crippen molar-refractivity contribution in [1.29, 1.82) is 0 Å². The molecule has 0 fully saturated rings. The van der Waals surface area contributed by atoms with E-state index >= 15 is 0 Å². The summed E-state index contributed by atoms with van der Waals surface area (Å²) in [4.78, 5) is 24.7. The van der Waals surface area contributed by atoms with Crippen LogP contribution >= 0.6 is 45.8 Å². The number of phenols is 1. The molecule has 0 bridgehead atoms. The van der Waals surface area contributed by atoms with Crippen molar-refractivity contribution in [2.75, 3.05) is 12.4 Å². The summed E-state index contributed by atoms with van der Waals surface area (Å²) in [5.74, 6) is -0.782. The number of methoxy groups -OCH3 is 1. The van der Waals surface area contributed by atoms with Crippen LogP contribution in [0.2, 0.25) is 10.0 Å². The van der Waals surface area contributed by atoms with Crippen molar-refractivity contribution >= 4 is 63.4 Å². The molecule has 1 unspecified atom stereocenters. The van der Waals surface area contributed by atoms with Gasteiger partial charge in [-0.2, -0.15) is 0 Å². The zero-order valence-electron chi connectivity index (χ0n) is 15.1. The Morgan fingerprint density at radius 3 is 2.50 bits per heavy atom. The second-order valence-corrected chi connectivity index (χ2v) is 8.05. The molecule has 0 radical (unpaired) electrons. The first-order chi connectivity index (χ1) is 13.2. The van der Waals surface area contributed by atoms with E-state index in [0.29, 0.717) is 19.3 Å². The van der Waals surface area contributed by atoms with E-state index in [1.54, 1.807) is 43.3 Å². The molecule has 1 amide bonds. The van der Waals surface area contributed by atoms with Crippen molar-refractivity contribution in [2.45, 2.75) is 25.4 Å². The maximum atomic E-state index is 12.6. The maximum absolute atomic E-state index is 12.6. The average Bonchev–Trinajstić information content (AvgIpc) is 2.66. The van der Waals surface area contributed by atoms with Gasteiger partial charge in [-0.3, -0.25) is 4.79 Å². The highest BCUT2D eigenvalue weighted by Crippen LogP contribution is 2.25. The fraction of sp³-hybridized carbons (Fsp3) is 0.263. The summed E-state index contributed by atoms with van der Waals surface area (Å²) in [6.07, 6.45) is 0.230. The summed E-state index contributed by atoms with van der Waals surface area (Å²) >= 11 is 13.9. The molecule has 2 aromatic rings. The average molecular weight is 537 g/mol. The van der Waals surface area contributed by atoms with Gasteiger partial charge in [-0.1, -0.05) is 29.3 Å². The van der Waals surface area contributed by atoms with Crippen LogP contribution < -0.4 is 10.6 Å². The molecule has 9 heteroatoms. The molecule has 0 saturated heterocycles. The summed E-state index contributed by atoms with van der Waals surface area (Å²) in [5.41, 5.74) is 1.41. The molecule has 3 N–H and O–H groups in total. The normalized spacial score (nSPS) is 12.8. The summed E-state index contributed by atoms with van der Waals surface area (Å²) < 4.78 is 5.46. The zero-order valence-corrected chi connectivity index (χ0v) is 18.8. The van der Waals surface area contributed by atoms with Crippen molar-refractivity contribution in [2.24, 2.45) is 0 Å². The van der Waals surface area contributed by atoms with Crippen LogP contribution in [-0.2, 0) is 20.7 Å². The molecule has 28 heavy (non-hydrogen) atoms. The zero-order chi connectivity index (χ0) is 20.8. The Morgan fingerprint density at radius 1 is 1.18 bits per heavy atom. The van der Waals surface area contributed by atoms with Crippen LogP contribution in [0.4, 0.5) is 5.69 Å². The molecule has 0 spiro atoms. The van der Waals surface area contributed by atoms with Crippen LogP contribution in [0, 0.1) is 3.57 Å². The van der Waals surface area contributed by atoms with E-state index in [0.717, 1.165) is 5.56 Å². The van der Waals surface area contributed by atoms with Crippen LogP contribution in [-0.4, -0.2) is 36.2 Å². The van der Waals surface area contributed by atoms with Gasteiger partial charge in [0.1, 0.15) is 17.8 Å². The van der Waals surface area contributed by atoms with Gasteiger partial charge < -0.3 is 20.5 Å². The van der Waals surface area contributed by atoms with Crippen LogP contribution in [0.15, 0.2) is 36.4 Å². The molecular formula is C19H19Cl2IN2O4. The maximum Gasteiger partial charge on any atom is 0.328 e. The number of aromatic hydroxyl groups is 1. The minimum Gasteiger partial charge on any atom is -0.507 e. The number of ether oxygens (including phenoxy) is 1. The highest BCUT2D eigenvalue weighted by Gasteiger charge is 2.25. The third-order valence-corrected chi connectivity index (χ3v) is 5.55. The molecule has 2 atom stereocenters. The van der Waals surface area contributed by atoms with E-state index in [9.17, 15) is 14.7 Å². The summed E-state index contributed by atoms with van der Waals surface area (Å²) in [7, 11) is 1.26. The lowest BCUT2D eigenvalue weighted by atomic mass is 10.1. The van der Waals surface area contributed by atoms with Gasteiger partial charge in [-0.05, 0) is 65.4 Å². The van der Waals surface area contributed by atoms with E-state index in [2.05, 4.69) is 10.6 Å². The Morgan fingerprint density at radius 2 is 1.89 bits per heavy atom. The molecular weight excluding hydrogens is 518 g/mol. The minimum absolute atomic E-state index is 0.155. The topological polar surface area (TPSA) is 87.7 Å². The number of rotatable bonds is 7. The number of phenolic OH excluding ortho intramolecular Hbond substituents is 1. The van der Waals surface area contributed by atoms with Crippen molar-refractivity contribution in [3.8, 4) is 5.75 Å². The fourth-order valence-electron chi connectivity index (χ4n) is 2.45. The Kier molecular flexibility index (Phi) is 8.21. The quantitative estimate of drug-likeness (QED) is 0.368. The lowest BCUT2D eigenvalue weighted by molar-refractivity contribution is -0.145. The highest BCUT2D eigenvalue weighted by atomic mass is 127. The Bertz CT molecular complexity index is 879. The number of esters is 1. The smallest absolute Gasteiger partial charge is 0.328 e. The number of nitrogens with one attached hydrogen (secondary N) is 2. The standard InChI is InChI=1S/C19H19Cl2IN2O4/c1-10(23-12-4-5-13(20)14(21)9-12)18(26)24-16(19(27)28-2)8-11-3-6-17(25)15(22)7-11/h3-7,9-10,16,23,25H,8H2,1-2H3,(H,24,26)/t10?,16-/m0/s1. The first-order valence-corrected chi connectivity index (χ1v) is 10.1. The van der Waals surface area contributed by atoms with E-state index in [4.69, 9.17) is 27.9 Å². The fourth-order valence-corrected chi connectivity index (χ4v) is 3.32. The minimum atomic E-state index is -0.865. The summed E-state index contributed by atoms with van der Waals surface area (Å²) in [6, 6.07) is 8.42. The van der Waals surface area contributed by atoms with Crippen molar-refractivity contribution < 1.29 is 19.4 Å². The molecule has 0 aliphatic carbocycles. The van der Waals surface area contributed by atoms with Gasteiger partial charge in [0.25, 0.3) is 0 Å². The third kappa shape index (κ3) is 6.15. The van der Waals surface area contributed by atoms with Gasteiger partial charge in [-0.25, -0.2) is 4.79 Å². The van der Waals surface area contributed by atoms with Crippen LogP contribution in [0.1, 0.15) is 12.5 Å². The number of hydrogen-bond donors (Lipinski definition) is 3. The summed E-state index contributed by atoms with van der Waals surface area (Å²) in [5, 5.41) is 16.1. The number of carbonyl (C=O) groups is 2. The molecule has 2 aromatic carbocycles. The summed E-state index contributed by atoms with van der Waals surface area (Å²) in [6.45, 7) is 1.66. The Labute approximate surface area is 186 Å². The van der Waals surface area contributed by atoms with Gasteiger partial charge in [-0.15, -0.1) is 0 Å². The SMILES string of the molecule is COC(=O)[C@H](Cc1ccc(O)c(I)c1)NC(=O)C(C)Nc1ccc(Cl)c(Cl)c1. The van der Waals surface area contributed by atoms with E-state index in [1.807, 2.05) is 22.6 Å². The number of anilines is 1. The van der Waals surface area contributed by atoms with Crippen LogP contribution in [0.25, 0.3) is 0 Å². The highest BCUT2D eigenvalue weighted by molar-refractivity contribution is 14.1. The molecule has 0 aromatic heterocycles. The van der Waals surface area contributed by atoms with Crippen molar-refractivity contribution in [1.82, 2.24) is 5.32 Å². The van der Waals surface area contributed by atoms with Crippen molar-refractivity contribution in [3.05, 3.63) is 55.6 Å². The van der Waals surface area contributed by atoms with E-state index in [-0.39, 0.29) is 18.1 Å².